The average molecular weight is 300 g/mol. The predicted octanol–water partition coefficient (Wildman–Crippen LogP) is 1.91. The highest BCUT2D eigenvalue weighted by atomic mass is 16.5. The molecule has 1 aliphatic carbocycles. The van der Waals surface area contributed by atoms with Crippen molar-refractivity contribution in [2.75, 3.05) is 19.8 Å². The van der Waals surface area contributed by atoms with E-state index in [1.165, 1.54) is 0 Å². The lowest BCUT2D eigenvalue weighted by Gasteiger charge is -2.37. The van der Waals surface area contributed by atoms with Crippen molar-refractivity contribution in [2.45, 2.75) is 37.8 Å². The van der Waals surface area contributed by atoms with Gasteiger partial charge in [-0.1, -0.05) is 12.1 Å². The van der Waals surface area contributed by atoms with Crippen LogP contribution in [0.15, 0.2) is 24.3 Å². The van der Waals surface area contributed by atoms with E-state index >= 15 is 0 Å². The Morgan fingerprint density at radius 1 is 1.36 bits per heavy atom. The van der Waals surface area contributed by atoms with E-state index in [1.54, 1.807) is 12.1 Å². The molecule has 0 unspecified atom stereocenters. The van der Waals surface area contributed by atoms with E-state index in [0.717, 1.165) is 24.8 Å². The number of carbonyl (C=O) groups is 1. The van der Waals surface area contributed by atoms with Crippen molar-refractivity contribution < 1.29 is 14.3 Å². The Labute approximate surface area is 130 Å². The van der Waals surface area contributed by atoms with Crippen molar-refractivity contribution in [3.05, 3.63) is 29.8 Å². The van der Waals surface area contributed by atoms with E-state index in [-0.39, 0.29) is 24.7 Å². The van der Waals surface area contributed by atoms with Gasteiger partial charge in [0.1, 0.15) is 5.75 Å². The Balaban J connectivity index is 1.54. The van der Waals surface area contributed by atoms with Gasteiger partial charge in [0.15, 0.2) is 6.61 Å². The van der Waals surface area contributed by atoms with Crippen molar-refractivity contribution >= 4 is 5.91 Å². The fourth-order valence-corrected chi connectivity index (χ4v) is 3.26. The molecule has 1 heterocycles. The lowest BCUT2D eigenvalue weighted by atomic mass is 10.1. The molecule has 0 N–H and O–H groups in total. The number of carbonyl (C=O) groups excluding carboxylic acids is 1. The van der Waals surface area contributed by atoms with E-state index in [4.69, 9.17) is 14.7 Å². The molecule has 1 saturated heterocycles. The van der Waals surface area contributed by atoms with Crippen LogP contribution in [0.2, 0.25) is 0 Å². The first-order valence-electron chi connectivity index (χ1n) is 7.77. The summed E-state index contributed by atoms with van der Waals surface area (Å²) in [6.45, 7) is 1.33. The third-order valence-electron chi connectivity index (χ3n) is 4.37. The van der Waals surface area contributed by atoms with Crippen molar-refractivity contribution in [3.63, 3.8) is 0 Å². The highest BCUT2D eigenvalue weighted by Crippen LogP contribution is 2.29. The van der Waals surface area contributed by atoms with E-state index < -0.39 is 0 Å². The molecule has 0 bridgehead atoms. The zero-order valence-electron chi connectivity index (χ0n) is 12.5. The fraction of sp³-hybridized carbons (Fsp3) is 0.529. The molecule has 2 aliphatic rings. The van der Waals surface area contributed by atoms with Gasteiger partial charge in [-0.05, 0) is 37.0 Å². The number of ether oxygens (including phenoxy) is 2. The number of hydrogen-bond donors (Lipinski definition) is 0. The van der Waals surface area contributed by atoms with E-state index in [0.29, 0.717) is 25.3 Å². The summed E-state index contributed by atoms with van der Waals surface area (Å²) in [5.74, 6) is 0.688. The molecule has 3 rings (SSSR count). The fourth-order valence-electron chi connectivity index (χ4n) is 3.26. The summed E-state index contributed by atoms with van der Waals surface area (Å²) < 4.78 is 11.3. The second-order valence-corrected chi connectivity index (χ2v) is 5.76. The third-order valence-corrected chi connectivity index (χ3v) is 4.37. The van der Waals surface area contributed by atoms with Crippen LogP contribution in [-0.2, 0) is 16.0 Å². The normalized spacial score (nSPS) is 23.7. The summed E-state index contributed by atoms with van der Waals surface area (Å²) in [5.41, 5.74) is 0.947. The maximum atomic E-state index is 12.4. The number of benzene rings is 1. The highest BCUT2D eigenvalue weighted by Gasteiger charge is 2.38. The molecule has 2 fully saturated rings. The molecular weight excluding hydrogens is 280 g/mol. The lowest BCUT2D eigenvalue weighted by molar-refractivity contribution is -0.146. The van der Waals surface area contributed by atoms with Gasteiger partial charge >= 0.3 is 0 Å². The average Bonchev–Trinajstić information content (AvgIpc) is 3.02. The van der Waals surface area contributed by atoms with Gasteiger partial charge in [-0.3, -0.25) is 4.79 Å². The minimum absolute atomic E-state index is 0.0290. The van der Waals surface area contributed by atoms with Gasteiger partial charge in [-0.2, -0.15) is 5.26 Å². The molecule has 0 aromatic heterocycles. The summed E-state index contributed by atoms with van der Waals surface area (Å²) in [6, 6.07) is 9.64. The largest absolute Gasteiger partial charge is 0.484 e. The molecule has 1 amide bonds. The third kappa shape index (κ3) is 3.23. The van der Waals surface area contributed by atoms with E-state index in [1.807, 2.05) is 17.0 Å². The zero-order chi connectivity index (χ0) is 15.4. The minimum atomic E-state index is 0.0290. The summed E-state index contributed by atoms with van der Waals surface area (Å²) >= 11 is 0. The Hall–Kier alpha value is -2.06. The van der Waals surface area contributed by atoms with E-state index in [2.05, 4.69) is 6.07 Å². The van der Waals surface area contributed by atoms with Crippen molar-refractivity contribution in [1.82, 2.24) is 4.90 Å². The van der Waals surface area contributed by atoms with Gasteiger partial charge < -0.3 is 14.4 Å². The highest BCUT2D eigenvalue weighted by molar-refractivity contribution is 5.78. The second-order valence-electron chi connectivity index (χ2n) is 5.76. The van der Waals surface area contributed by atoms with Crippen molar-refractivity contribution in [2.24, 2.45) is 0 Å². The first kappa shape index (κ1) is 14.9. The number of nitriles is 1. The molecular formula is C17H20N2O3. The zero-order valence-corrected chi connectivity index (χ0v) is 12.5. The smallest absolute Gasteiger partial charge is 0.260 e. The van der Waals surface area contributed by atoms with Crippen LogP contribution in [0.3, 0.4) is 0 Å². The molecule has 5 nitrogen and oxygen atoms in total. The van der Waals surface area contributed by atoms with Crippen LogP contribution in [0.25, 0.3) is 0 Å². The first-order chi connectivity index (χ1) is 10.8. The van der Waals surface area contributed by atoms with Crippen molar-refractivity contribution in [3.8, 4) is 11.8 Å². The van der Waals surface area contributed by atoms with E-state index in [9.17, 15) is 4.79 Å². The first-order valence-corrected chi connectivity index (χ1v) is 7.77. The molecule has 5 heteroatoms. The van der Waals surface area contributed by atoms with Crippen LogP contribution in [-0.4, -0.2) is 42.7 Å². The van der Waals surface area contributed by atoms with Crippen LogP contribution in [0.1, 0.15) is 24.8 Å². The van der Waals surface area contributed by atoms with Gasteiger partial charge in [-0.25, -0.2) is 0 Å². The number of nitrogens with zero attached hydrogens (tertiary/aromatic N) is 2. The topological polar surface area (TPSA) is 62.6 Å². The molecule has 1 aromatic rings. The van der Waals surface area contributed by atoms with Gasteiger partial charge in [0.25, 0.3) is 5.91 Å². The number of rotatable bonds is 4. The molecule has 22 heavy (non-hydrogen) atoms. The lowest BCUT2D eigenvalue weighted by Crippen LogP contribution is -2.52. The molecule has 0 radical (unpaired) electrons. The Morgan fingerprint density at radius 3 is 2.95 bits per heavy atom. The molecule has 116 valence electrons. The standard InChI is InChI=1S/C17H20N2O3/c18-9-8-13-4-6-14(7-5-13)22-12-17(20)19-10-11-21-16-3-1-2-15(16)19/h4-7,15-16H,1-3,8,10-12H2/t15-,16-/m1/s1. The summed E-state index contributed by atoms with van der Waals surface area (Å²) in [7, 11) is 0. The number of amides is 1. The summed E-state index contributed by atoms with van der Waals surface area (Å²) in [6.07, 6.45) is 3.80. The second kappa shape index (κ2) is 6.80. The van der Waals surface area contributed by atoms with Crippen LogP contribution < -0.4 is 4.74 Å². The van der Waals surface area contributed by atoms with Gasteiger partial charge in [0.2, 0.25) is 0 Å². The van der Waals surface area contributed by atoms with Gasteiger partial charge in [0.05, 0.1) is 31.2 Å². The molecule has 1 saturated carbocycles. The monoisotopic (exact) mass is 300 g/mol. The minimum Gasteiger partial charge on any atom is -0.484 e. The number of hydrogen-bond acceptors (Lipinski definition) is 4. The van der Waals surface area contributed by atoms with Crippen LogP contribution in [0.5, 0.6) is 5.75 Å². The Bertz CT molecular complexity index is 564. The molecule has 0 spiro atoms. The van der Waals surface area contributed by atoms with Gasteiger partial charge in [-0.15, -0.1) is 0 Å². The molecule has 1 aromatic carbocycles. The quantitative estimate of drug-likeness (QED) is 0.852. The SMILES string of the molecule is N#CCc1ccc(OCC(=O)N2CCO[C@@H]3CCC[C@H]32)cc1. The van der Waals surface area contributed by atoms with Crippen molar-refractivity contribution in [1.29, 1.82) is 5.26 Å². The van der Waals surface area contributed by atoms with Crippen LogP contribution >= 0.6 is 0 Å². The molecule has 2 atom stereocenters. The maximum absolute atomic E-state index is 12.4. The summed E-state index contributed by atoms with van der Waals surface area (Å²) in [5, 5.41) is 8.64. The van der Waals surface area contributed by atoms with Crippen LogP contribution in [0.4, 0.5) is 0 Å². The number of fused-ring (bicyclic) bond motifs is 1. The predicted molar refractivity (Wildman–Crippen MR) is 80.3 cm³/mol. The number of morpholine rings is 1. The Kier molecular flexibility index (Phi) is 4.59. The maximum Gasteiger partial charge on any atom is 0.260 e. The molecule has 1 aliphatic heterocycles. The van der Waals surface area contributed by atoms with Gasteiger partial charge in [0, 0.05) is 6.54 Å². The Morgan fingerprint density at radius 2 is 2.18 bits per heavy atom. The van der Waals surface area contributed by atoms with Crippen LogP contribution in [0, 0.1) is 11.3 Å². The summed E-state index contributed by atoms with van der Waals surface area (Å²) in [4.78, 5) is 14.3.